The minimum absolute atomic E-state index is 0.168. The zero-order valence-electron chi connectivity index (χ0n) is 10.7. The summed E-state index contributed by atoms with van der Waals surface area (Å²) in [5.41, 5.74) is 2.70. The van der Waals surface area contributed by atoms with Crippen LogP contribution in [0, 0.1) is 0 Å². The Morgan fingerprint density at radius 3 is 2.90 bits per heavy atom. The highest BCUT2D eigenvalue weighted by molar-refractivity contribution is 5.93. The molecule has 0 bridgehead atoms. The number of aromatic nitrogens is 2. The van der Waals surface area contributed by atoms with E-state index in [-0.39, 0.29) is 12.3 Å². The quantitative estimate of drug-likeness (QED) is 0.234. The monoisotopic (exact) mass is 280 g/mol. The van der Waals surface area contributed by atoms with Crippen LogP contribution in [-0.2, 0) is 20.8 Å². The summed E-state index contributed by atoms with van der Waals surface area (Å²) in [5, 5.41) is 11.6. The number of carbonyl (C=O) groups excluding carboxylic acids is 3. The normalized spacial score (nSPS) is 19.2. The first-order chi connectivity index (χ1) is 9.60. The van der Waals surface area contributed by atoms with Gasteiger partial charge in [0.1, 0.15) is 12.1 Å². The molecular weight excluding hydrogens is 264 g/mol. The van der Waals surface area contributed by atoms with Gasteiger partial charge in [-0.05, 0) is 12.5 Å². The molecule has 3 amide bonds. The molecule has 2 rings (SSSR count). The lowest BCUT2D eigenvalue weighted by Crippen LogP contribution is -2.53. The van der Waals surface area contributed by atoms with E-state index in [0.29, 0.717) is 18.5 Å². The molecule has 108 valence electrons. The van der Waals surface area contributed by atoms with E-state index in [1.807, 2.05) is 5.43 Å². The summed E-state index contributed by atoms with van der Waals surface area (Å²) in [6.07, 6.45) is 2.51. The van der Waals surface area contributed by atoms with Gasteiger partial charge in [-0.15, -0.1) is 0 Å². The number of hydrogen-bond acceptors (Lipinski definition) is 5. The van der Waals surface area contributed by atoms with Gasteiger partial charge in [-0.25, -0.2) is 5.84 Å². The van der Waals surface area contributed by atoms with E-state index in [2.05, 4.69) is 20.8 Å². The van der Waals surface area contributed by atoms with Gasteiger partial charge < -0.3 is 10.6 Å². The van der Waals surface area contributed by atoms with Crippen molar-refractivity contribution in [3.8, 4) is 0 Å². The van der Waals surface area contributed by atoms with Crippen molar-refractivity contribution >= 4 is 17.7 Å². The predicted octanol–water partition coefficient (Wildman–Crippen LogP) is -2.29. The van der Waals surface area contributed by atoms with E-state index < -0.39 is 23.9 Å². The van der Waals surface area contributed by atoms with Crippen molar-refractivity contribution in [2.75, 3.05) is 0 Å². The average Bonchev–Trinajstić information content (AvgIpc) is 3.08. The molecule has 9 nitrogen and oxygen atoms in total. The highest BCUT2D eigenvalue weighted by Crippen LogP contribution is 2.07. The summed E-state index contributed by atoms with van der Waals surface area (Å²) in [6, 6.07) is 0.267. The number of hydrogen-bond donors (Lipinski definition) is 5. The first-order valence-electron chi connectivity index (χ1n) is 6.18. The molecule has 1 aromatic heterocycles. The van der Waals surface area contributed by atoms with Gasteiger partial charge >= 0.3 is 0 Å². The van der Waals surface area contributed by atoms with E-state index in [4.69, 9.17) is 5.84 Å². The molecule has 6 N–H and O–H groups in total. The smallest absolute Gasteiger partial charge is 0.256 e. The van der Waals surface area contributed by atoms with Crippen molar-refractivity contribution in [3.63, 3.8) is 0 Å². The van der Waals surface area contributed by atoms with E-state index in [0.717, 1.165) is 0 Å². The van der Waals surface area contributed by atoms with Gasteiger partial charge in [0.25, 0.3) is 5.91 Å². The standard InChI is InChI=1S/C11H16N6O3/c12-16-11(20)8(5-6-3-4-13-17-6)15-10(19)7-1-2-9(18)14-7/h3-4,7-8H,1-2,5,12H2,(H,13,17)(H,14,18)(H,15,19)(H,16,20)/t7-,8-/m0/s1. The Morgan fingerprint density at radius 2 is 2.35 bits per heavy atom. The average molecular weight is 280 g/mol. The van der Waals surface area contributed by atoms with Crippen molar-refractivity contribution in [1.29, 1.82) is 0 Å². The van der Waals surface area contributed by atoms with Gasteiger partial charge in [0.05, 0.1) is 0 Å². The van der Waals surface area contributed by atoms with Crippen LogP contribution in [0.5, 0.6) is 0 Å². The molecule has 1 aromatic rings. The molecule has 9 heteroatoms. The van der Waals surface area contributed by atoms with Crippen LogP contribution in [0.15, 0.2) is 12.3 Å². The Hall–Kier alpha value is -2.42. The number of rotatable bonds is 5. The number of H-pyrrole nitrogens is 1. The molecule has 1 fully saturated rings. The summed E-state index contributed by atoms with van der Waals surface area (Å²) in [7, 11) is 0. The van der Waals surface area contributed by atoms with Crippen LogP contribution in [0.1, 0.15) is 18.5 Å². The maximum atomic E-state index is 12.0. The van der Waals surface area contributed by atoms with Crippen LogP contribution in [0.3, 0.4) is 0 Å². The fourth-order valence-corrected chi connectivity index (χ4v) is 2.01. The largest absolute Gasteiger partial charge is 0.344 e. The van der Waals surface area contributed by atoms with E-state index in [9.17, 15) is 14.4 Å². The summed E-state index contributed by atoms with van der Waals surface area (Å²) in [4.78, 5) is 34.7. The Bertz CT molecular complexity index is 500. The van der Waals surface area contributed by atoms with Crippen LogP contribution in [0.25, 0.3) is 0 Å². The molecule has 20 heavy (non-hydrogen) atoms. The van der Waals surface area contributed by atoms with Gasteiger partial charge in [0.15, 0.2) is 0 Å². The predicted molar refractivity (Wildman–Crippen MR) is 67.7 cm³/mol. The van der Waals surface area contributed by atoms with Gasteiger partial charge in [0.2, 0.25) is 11.8 Å². The van der Waals surface area contributed by atoms with Crippen molar-refractivity contribution in [3.05, 3.63) is 18.0 Å². The zero-order valence-corrected chi connectivity index (χ0v) is 10.7. The molecule has 2 atom stereocenters. The first kappa shape index (κ1) is 14.0. The molecule has 1 saturated heterocycles. The summed E-state index contributed by atoms with van der Waals surface area (Å²) in [5.74, 6) is 4.02. The zero-order chi connectivity index (χ0) is 14.5. The Labute approximate surface area is 114 Å². The van der Waals surface area contributed by atoms with Crippen LogP contribution in [0.4, 0.5) is 0 Å². The second-order valence-electron chi connectivity index (χ2n) is 4.51. The highest BCUT2D eigenvalue weighted by Gasteiger charge is 2.30. The minimum Gasteiger partial charge on any atom is -0.344 e. The molecule has 0 unspecified atom stereocenters. The Balaban J connectivity index is 1.98. The van der Waals surface area contributed by atoms with Crippen molar-refractivity contribution in [2.24, 2.45) is 5.84 Å². The van der Waals surface area contributed by atoms with Gasteiger partial charge in [-0.1, -0.05) is 0 Å². The van der Waals surface area contributed by atoms with E-state index in [1.54, 1.807) is 12.3 Å². The molecule has 0 aliphatic carbocycles. The van der Waals surface area contributed by atoms with Crippen molar-refractivity contribution < 1.29 is 14.4 Å². The van der Waals surface area contributed by atoms with Gasteiger partial charge in [0, 0.05) is 24.7 Å². The fourth-order valence-electron chi connectivity index (χ4n) is 2.01. The highest BCUT2D eigenvalue weighted by atomic mass is 16.2. The third-order valence-corrected chi connectivity index (χ3v) is 3.07. The van der Waals surface area contributed by atoms with Crippen molar-refractivity contribution in [2.45, 2.75) is 31.3 Å². The van der Waals surface area contributed by atoms with Crippen LogP contribution < -0.4 is 21.9 Å². The number of aromatic amines is 1. The van der Waals surface area contributed by atoms with E-state index in [1.165, 1.54) is 0 Å². The second kappa shape index (κ2) is 6.15. The van der Waals surface area contributed by atoms with Gasteiger partial charge in [-0.3, -0.25) is 24.9 Å². The molecular formula is C11H16N6O3. The molecule has 0 radical (unpaired) electrons. The first-order valence-corrected chi connectivity index (χ1v) is 6.18. The molecule has 0 spiro atoms. The summed E-state index contributed by atoms with van der Waals surface area (Å²) in [6.45, 7) is 0. The number of nitrogens with two attached hydrogens (primary N) is 1. The summed E-state index contributed by atoms with van der Waals surface area (Å²) >= 11 is 0. The lowest BCUT2D eigenvalue weighted by Gasteiger charge is -2.18. The number of amides is 3. The lowest BCUT2D eigenvalue weighted by atomic mass is 10.1. The maximum absolute atomic E-state index is 12.0. The Kier molecular flexibility index (Phi) is 4.31. The van der Waals surface area contributed by atoms with Crippen molar-refractivity contribution in [1.82, 2.24) is 26.3 Å². The van der Waals surface area contributed by atoms with Crippen LogP contribution in [-0.4, -0.2) is 40.0 Å². The van der Waals surface area contributed by atoms with E-state index >= 15 is 0 Å². The third kappa shape index (κ3) is 3.32. The topological polar surface area (TPSA) is 142 Å². The molecule has 0 aromatic carbocycles. The molecule has 2 heterocycles. The third-order valence-electron chi connectivity index (χ3n) is 3.07. The molecule has 0 saturated carbocycles. The maximum Gasteiger partial charge on any atom is 0.256 e. The number of nitrogens with one attached hydrogen (secondary N) is 4. The van der Waals surface area contributed by atoms with Gasteiger partial charge in [-0.2, -0.15) is 5.10 Å². The number of carbonyl (C=O) groups is 3. The number of nitrogens with zero attached hydrogens (tertiary/aromatic N) is 1. The molecule has 1 aliphatic heterocycles. The van der Waals surface area contributed by atoms with Crippen LogP contribution >= 0.6 is 0 Å². The lowest BCUT2D eigenvalue weighted by molar-refractivity contribution is -0.130. The summed E-state index contributed by atoms with van der Waals surface area (Å²) < 4.78 is 0. The SMILES string of the molecule is NNC(=O)[C@H](Cc1ccn[nH]1)NC(=O)[C@@H]1CCC(=O)N1. The van der Waals surface area contributed by atoms with Crippen LogP contribution in [0.2, 0.25) is 0 Å². The fraction of sp³-hybridized carbons (Fsp3) is 0.455. The molecule has 1 aliphatic rings. The number of hydrazine groups is 1. The minimum atomic E-state index is -0.828. The Morgan fingerprint density at radius 1 is 1.55 bits per heavy atom. The second-order valence-corrected chi connectivity index (χ2v) is 4.51.